The summed E-state index contributed by atoms with van der Waals surface area (Å²) in [7, 11) is 0. The molecular weight excluding hydrogens is 427 g/mol. The second-order valence-electron chi connectivity index (χ2n) is 0. The van der Waals surface area contributed by atoms with Gasteiger partial charge in [0, 0.05) is 42.1 Å². The van der Waals surface area contributed by atoms with Crippen LogP contribution in [0.4, 0.5) is 0 Å². The third-order valence-corrected chi connectivity index (χ3v) is 0. The minimum atomic E-state index is 0. The first kappa shape index (κ1) is 109. The third-order valence-electron chi connectivity index (χ3n) is 0. The monoisotopic (exact) mass is 427 g/mol. The van der Waals surface area contributed by atoms with Gasteiger partial charge in [0.25, 0.3) is 0 Å². The zero-order valence-electron chi connectivity index (χ0n) is 1.95. The molecule has 0 aromatic heterocycles. The van der Waals surface area contributed by atoms with E-state index in [1.165, 1.54) is 0 Å². The Morgan fingerprint density at radius 3 is 0.600 bits per heavy atom. The first-order chi connectivity index (χ1) is 0. The Balaban J connectivity index is 0. The van der Waals surface area contributed by atoms with Gasteiger partial charge in [0.05, 0.1) is 0 Å². The molecule has 0 bridgehead atoms. The van der Waals surface area contributed by atoms with E-state index in [0.29, 0.717) is 0 Å². The summed E-state index contributed by atoms with van der Waals surface area (Å²) in [5.41, 5.74) is 0. The van der Waals surface area contributed by atoms with E-state index in [2.05, 4.69) is 0 Å². The quantitative estimate of drug-likeness (QED) is 0.506. The SMILES string of the molecule is [O-2].[O-2].[O-2].[Pt].[W]. The fourth-order valence-electron chi connectivity index (χ4n) is 0. The molecule has 0 heterocycles. The third kappa shape index (κ3) is 35.3. The molecule has 0 aromatic carbocycles. The van der Waals surface area contributed by atoms with Crippen LogP contribution in [0, 0.1) is 0 Å². The molecule has 0 aliphatic rings. The molecule has 0 aliphatic carbocycles. The van der Waals surface area contributed by atoms with E-state index in [-0.39, 0.29) is 58.6 Å². The summed E-state index contributed by atoms with van der Waals surface area (Å²) >= 11 is 0. The first-order valence-corrected chi connectivity index (χ1v) is 0. The molecule has 0 aromatic rings. The molecule has 3 nitrogen and oxygen atoms in total. The summed E-state index contributed by atoms with van der Waals surface area (Å²) in [4.78, 5) is 0. The van der Waals surface area contributed by atoms with Gasteiger partial charge in [-0.1, -0.05) is 0 Å². The average Bonchev–Trinajstić information content (AvgIpc) is 0. The van der Waals surface area contributed by atoms with E-state index in [1.54, 1.807) is 0 Å². The van der Waals surface area contributed by atoms with Crippen LogP contribution in [-0.2, 0) is 58.6 Å². The van der Waals surface area contributed by atoms with E-state index in [0.717, 1.165) is 0 Å². The average molecular weight is 427 g/mol. The van der Waals surface area contributed by atoms with Crippen molar-refractivity contribution in [1.29, 1.82) is 0 Å². The van der Waals surface area contributed by atoms with Gasteiger partial charge in [-0.25, -0.2) is 0 Å². The number of rotatable bonds is 0. The van der Waals surface area contributed by atoms with Crippen molar-refractivity contribution >= 4 is 0 Å². The second-order valence-corrected chi connectivity index (χ2v) is 0. The maximum Gasteiger partial charge on any atom is 0 e. The molecule has 0 unspecified atom stereocenters. The van der Waals surface area contributed by atoms with E-state index >= 15 is 0 Å². The summed E-state index contributed by atoms with van der Waals surface area (Å²) in [6.07, 6.45) is 0. The summed E-state index contributed by atoms with van der Waals surface area (Å²) in [6, 6.07) is 0. The van der Waals surface area contributed by atoms with E-state index in [4.69, 9.17) is 0 Å². The largest absolute Gasteiger partial charge is 2.00 e. The maximum atomic E-state index is 0. The Morgan fingerprint density at radius 2 is 0.600 bits per heavy atom. The molecule has 0 radical (unpaired) electrons. The Kier molecular flexibility index (Phi) is 1320. The van der Waals surface area contributed by atoms with Crippen molar-refractivity contribution in [3.05, 3.63) is 0 Å². The van der Waals surface area contributed by atoms with E-state index < -0.39 is 0 Å². The van der Waals surface area contributed by atoms with Gasteiger partial charge in [-0.15, -0.1) is 0 Å². The van der Waals surface area contributed by atoms with Gasteiger partial charge in [-0.3, -0.25) is 0 Å². The summed E-state index contributed by atoms with van der Waals surface area (Å²) in [5.74, 6) is 0. The smallest absolute Gasteiger partial charge is 0 e. The Bertz CT molecular complexity index is 6.85. The van der Waals surface area contributed by atoms with Gasteiger partial charge < -0.3 is 16.4 Å². The van der Waals surface area contributed by atoms with E-state index in [9.17, 15) is 0 Å². The molecule has 0 saturated heterocycles. The van der Waals surface area contributed by atoms with Crippen molar-refractivity contribution in [1.82, 2.24) is 0 Å². The predicted molar refractivity (Wildman–Crippen MR) is 2.06 cm³/mol. The molecule has 5 heteroatoms. The Morgan fingerprint density at radius 1 is 0.600 bits per heavy atom. The van der Waals surface area contributed by atoms with Crippen LogP contribution < -0.4 is 0 Å². The molecule has 40 valence electrons. The molecule has 0 spiro atoms. The van der Waals surface area contributed by atoms with Crippen LogP contribution in [0.1, 0.15) is 0 Å². The zero-order valence-corrected chi connectivity index (χ0v) is 7.15. The van der Waals surface area contributed by atoms with Crippen molar-refractivity contribution in [2.24, 2.45) is 0 Å². The van der Waals surface area contributed by atoms with Crippen molar-refractivity contribution in [2.45, 2.75) is 0 Å². The van der Waals surface area contributed by atoms with Crippen LogP contribution in [0.25, 0.3) is 0 Å². The maximum absolute atomic E-state index is 0. The minimum absolute atomic E-state index is 0. The standard InChI is InChI=1S/3O.Pt.W/q3*-2;;. The fourth-order valence-corrected chi connectivity index (χ4v) is 0. The van der Waals surface area contributed by atoms with Gasteiger partial charge in [0.15, 0.2) is 0 Å². The summed E-state index contributed by atoms with van der Waals surface area (Å²) in [6.45, 7) is 0. The van der Waals surface area contributed by atoms with Gasteiger partial charge >= 0.3 is 0 Å². The van der Waals surface area contributed by atoms with Gasteiger partial charge in [-0.05, 0) is 0 Å². The van der Waals surface area contributed by atoms with Crippen molar-refractivity contribution in [3.63, 3.8) is 0 Å². The van der Waals surface area contributed by atoms with Crippen molar-refractivity contribution in [2.75, 3.05) is 0 Å². The Labute approximate surface area is 58.6 Å². The molecule has 0 fully saturated rings. The Hall–Kier alpha value is 1.26. The first-order valence-electron chi connectivity index (χ1n) is 0. The molecule has 0 atom stereocenters. The van der Waals surface area contributed by atoms with Crippen LogP contribution in [-0.4, -0.2) is 0 Å². The molecule has 0 aliphatic heterocycles. The predicted octanol–water partition coefficient (Wildman–Crippen LogP) is -0.361. The minimum Gasteiger partial charge on any atom is -2.00 e. The molecule has 0 amide bonds. The van der Waals surface area contributed by atoms with Gasteiger partial charge in [0.1, 0.15) is 0 Å². The molecular formula is O3PtW-6. The van der Waals surface area contributed by atoms with Crippen LogP contribution in [0.3, 0.4) is 0 Å². The number of hydrogen-bond donors (Lipinski definition) is 0. The van der Waals surface area contributed by atoms with Crippen LogP contribution >= 0.6 is 0 Å². The summed E-state index contributed by atoms with van der Waals surface area (Å²) < 4.78 is 0. The second kappa shape index (κ2) is 60.3. The van der Waals surface area contributed by atoms with Crippen LogP contribution in [0.5, 0.6) is 0 Å². The number of hydrogen-bond acceptors (Lipinski definition) is 0. The fraction of sp³-hybridized carbons (Fsp3) is 0. The normalized spacial score (nSPS) is 0. The molecule has 0 saturated carbocycles. The van der Waals surface area contributed by atoms with Crippen LogP contribution in [0.15, 0.2) is 0 Å². The van der Waals surface area contributed by atoms with Gasteiger partial charge in [-0.2, -0.15) is 0 Å². The van der Waals surface area contributed by atoms with Crippen molar-refractivity contribution in [3.8, 4) is 0 Å². The summed E-state index contributed by atoms with van der Waals surface area (Å²) in [5, 5.41) is 0. The molecule has 0 N–H and O–H groups in total. The topological polar surface area (TPSA) is 85.5 Å². The van der Waals surface area contributed by atoms with E-state index in [1.807, 2.05) is 0 Å². The zero-order chi connectivity index (χ0) is 0. The molecule has 0 rings (SSSR count). The van der Waals surface area contributed by atoms with Crippen molar-refractivity contribution < 1.29 is 58.6 Å². The van der Waals surface area contributed by atoms with Gasteiger partial charge in [0.2, 0.25) is 0 Å². The van der Waals surface area contributed by atoms with Crippen LogP contribution in [0.2, 0.25) is 0 Å². The molecule has 5 heavy (non-hydrogen) atoms.